The number of carbonyl (C=O) groups excluding carboxylic acids is 1. The summed E-state index contributed by atoms with van der Waals surface area (Å²) in [6.07, 6.45) is 1.80. The van der Waals surface area contributed by atoms with Crippen LogP contribution < -0.4 is 11.1 Å². The number of carboxylic acids is 1. The fourth-order valence-corrected chi connectivity index (χ4v) is 2.14. The summed E-state index contributed by atoms with van der Waals surface area (Å²) in [5.74, 6) is -1.28. The molecule has 0 radical (unpaired) electrons. The first-order valence-corrected chi connectivity index (χ1v) is 7.83. The van der Waals surface area contributed by atoms with E-state index in [1.807, 2.05) is 6.26 Å². The molecular formula is C8H17N2O5PS. The number of carboxylic acid groups (broad SMARTS) is 1. The SMILES string of the molecule is CSCC[C@H](N)C(=O)NC(C[PH](=O)O)C(=O)O. The number of thioether (sulfide) groups is 1. The predicted octanol–water partition coefficient (Wildman–Crippen LogP) is -0.897. The summed E-state index contributed by atoms with van der Waals surface area (Å²) < 4.78 is 10.6. The Kier molecular flexibility index (Phi) is 8.24. The van der Waals surface area contributed by atoms with E-state index >= 15 is 0 Å². The second kappa shape index (κ2) is 8.52. The molecule has 17 heavy (non-hydrogen) atoms. The molecule has 0 heterocycles. The maximum Gasteiger partial charge on any atom is 0.326 e. The Balaban J connectivity index is 4.29. The Morgan fingerprint density at radius 3 is 2.53 bits per heavy atom. The molecule has 0 rings (SSSR count). The van der Waals surface area contributed by atoms with Crippen LogP contribution in [0.2, 0.25) is 0 Å². The van der Waals surface area contributed by atoms with Crippen molar-refractivity contribution in [2.75, 3.05) is 18.2 Å². The van der Waals surface area contributed by atoms with Gasteiger partial charge >= 0.3 is 5.97 Å². The van der Waals surface area contributed by atoms with Crippen molar-refractivity contribution in [3.63, 3.8) is 0 Å². The van der Waals surface area contributed by atoms with Crippen molar-refractivity contribution < 1.29 is 24.2 Å². The van der Waals surface area contributed by atoms with Gasteiger partial charge in [-0.25, -0.2) is 4.79 Å². The molecule has 0 aromatic rings. The summed E-state index contributed by atoms with van der Waals surface area (Å²) in [4.78, 5) is 30.8. The third-order valence-electron chi connectivity index (χ3n) is 1.96. The van der Waals surface area contributed by atoms with Crippen LogP contribution in [0.25, 0.3) is 0 Å². The number of carbonyl (C=O) groups is 2. The molecule has 0 bridgehead atoms. The second-order valence-electron chi connectivity index (χ2n) is 3.39. The fourth-order valence-electron chi connectivity index (χ4n) is 1.03. The number of hydrogen-bond donors (Lipinski definition) is 4. The Morgan fingerprint density at radius 2 is 2.12 bits per heavy atom. The molecule has 0 saturated heterocycles. The molecule has 0 aliphatic heterocycles. The molecular weight excluding hydrogens is 267 g/mol. The number of amides is 1. The lowest BCUT2D eigenvalue weighted by atomic mass is 10.2. The maximum atomic E-state index is 11.5. The van der Waals surface area contributed by atoms with Gasteiger partial charge in [0, 0.05) is 0 Å². The molecule has 1 amide bonds. The van der Waals surface area contributed by atoms with Gasteiger partial charge in [0.15, 0.2) is 8.03 Å². The zero-order chi connectivity index (χ0) is 13.4. The molecule has 0 spiro atoms. The average molecular weight is 284 g/mol. The van der Waals surface area contributed by atoms with E-state index in [1.54, 1.807) is 0 Å². The molecule has 0 aliphatic rings. The van der Waals surface area contributed by atoms with E-state index < -0.39 is 38.2 Å². The van der Waals surface area contributed by atoms with Crippen molar-refractivity contribution in [3.05, 3.63) is 0 Å². The predicted molar refractivity (Wildman–Crippen MR) is 66.6 cm³/mol. The quantitative estimate of drug-likeness (QED) is 0.425. The third kappa shape index (κ3) is 7.38. The zero-order valence-electron chi connectivity index (χ0n) is 9.38. The normalized spacial score (nSPS) is 15.9. The van der Waals surface area contributed by atoms with Gasteiger partial charge in [-0.2, -0.15) is 11.8 Å². The van der Waals surface area contributed by atoms with Gasteiger partial charge in [0.2, 0.25) is 5.91 Å². The highest BCUT2D eigenvalue weighted by Gasteiger charge is 2.24. The van der Waals surface area contributed by atoms with Crippen LogP contribution in [-0.2, 0) is 14.2 Å². The summed E-state index contributed by atoms with van der Waals surface area (Å²) in [6, 6.07) is -2.16. The minimum absolute atomic E-state index is 0.424. The zero-order valence-corrected chi connectivity index (χ0v) is 11.2. The first-order chi connectivity index (χ1) is 7.88. The first kappa shape index (κ1) is 16.4. The Labute approximate surface area is 104 Å². The lowest BCUT2D eigenvalue weighted by molar-refractivity contribution is -0.141. The van der Waals surface area contributed by atoms with Crippen molar-refractivity contribution in [2.45, 2.75) is 18.5 Å². The van der Waals surface area contributed by atoms with Crippen molar-refractivity contribution >= 4 is 31.7 Å². The van der Waals surface area contributed by atoms with Crippen LogP contribution in [0.5, 0.6) is 0 Å². The summed E-state index contributed by atoms with van der Waals surface area (Å²) in [5, 5.41) is 10.9. The molecule has 2 unspecified atom stereocenters. The molecule has 0 aromatic carbocycles. The van der Waals surface area contributed by atoms with Gasteiger partial charge in [-0.05, 0) is 18.4 Å². The van der Waals surface area contributed by atoms with Crippen LogP contribution in [0, 0.1) is 0 Å². The van der Waals surface area contributed by atoms with E-state index in [-0.39, 0.29) is 0 Å². The Bertz CT molecular complexity index is 302. The summed E-state index contributed by atoms with van der Waals surface area (Å²) in [5.41, 5.74) is 5.53. The van der Waals surface area contributed by atoms with Crippen molar-refractivity contribution in [1.29, 1.82) is 0 Å². The van der Waals surface area contributed by atoms with Crippen molar-refractivity contribution in [3.8, 4) is 0 Å². The van der Waals surface area contributed by atoms with E-state index in [2.05, 4.69) is 5.32 Å². The van der Waals surface area contributed by atoms with Crippen LogP contribution in [-0.4, -0.2) is 52.1 Å². The number of nitrogens with two attached hydrogens (primary N) is 1. The fraction of sp³-hybridized carbons (Fsp3) is 0.750. The lowest BCUT2D eigenvalue weighted by Gasteiger charge is -2.16. The first-order valence-electron chi connectivity index (χ1n) is 4.88. The van der Waals surface area contributed by atoms with Crippen LogP contribution in [0.1, 0.15) is 6.42 Å². The number of hydrogen-bond acceptors (Lipinski definition) is 5. The van der Waals surface area contributed by atoms with Gasteiger partial charge in [-0.3, -0.25) is 9.36 Å². The van der Waals surface area contributed by atoms with E-state index in [0.29, 0.717) is 12.2 Å². The Morgan fingerprint density at radius 1 is 1.53 bits per heavy atom. The van der Waals surface area contributed by atoms with Crippen LogP contribution in [0.15, 0.2) is 0 Å². The molecule has 0 saturated carbocycles. The molecule has 100 valence electrons. The largest absolute Gasteiger partial charge is 0.480 e. The van der Waals surface area contributed by atoms with Gasteiger partial charge in [0.1, 0.15) is 6.04 Å². The van der Waals surface area contributed by atoms with Crippen LogP contribution >= 0.6 is 19.8 Å². The summed E-state index contributed by atoms with van der Waals surface area (Å²) >= 11 is 1.52. The van der Waals surface area contributed by atoms with E-state index in [0.717, 1.165) is 0 Å². The highest BCUT2D eigenvalue weighted by atomic mass is 32.2. The van der Waals surface area contributed by atoms with Gasteiger partial charge in [0.25, 0.3) is 0 Å². The minimum atomic E-state index is -2.96. The monoisotopic (exact) mass is 284 g/mol. The molecule has 0 aliphatic carbocycles. The van der Waals surface area contributed by atoms with E-state index in [4.69, 9.17) is 15.7 Å². The molecule has 3 atom stereocenters. The topological polar surface area (TPSA) is 130 Å². The minimum Gasteiger partial charge on any atom is -0.480 e. The standard InChI is InChI=1S/C8H17N2O5PS/c1-17-3-2-5(9)7(11)10-6(8(12)13)4-16(14)15/h5-6,16H,2-4,9H2,1H3,(H,10,11)(H,12,13)(H,14,15)/t5-,6?/m0/s1. The lowest BCUT2D eigenvalue weighted by Crippen LogP contribution is -2.49. The third-order valence-corrected chi connectivity index (χ3v) is 3.36. The maximum absolute atomic E-state index is 11.5. The molecule has 0 fully saturated rings. The average Bonchev–Trinajstić information content (AvgIpc) is 2.23. The van der Waals surface area contributed by atoms with Crippen molar-refractivity contribution in [1.82, 2.24) is 5.32 Å². The van der Waals surface area contributed by atoms with Crippen LogP contribution in [0.3, 0.4) is 0 Å². The smallest absolute Gasteiger partial charge is 0.326 e. The summed E-state index contributed by atoms with van der Waals surface area (Å²) in [7, 11) is -2.96. The van der Waals surface area contributed by atoms with Gasteiger partial charge < -0.3 is 21.1 Å². The number of aliphatic carboxylic acids is 1. The molecule has 7 nitrogen and oxygen atoms in total. The van der Waals surface area contributed by atoms with Crippen LogP contribution in [0.4, 0.5) is 0 Å². The second-order valence-corrected chi connectivity index (χ2v) is 5.57. The molecule has 9 heteroatoms. The summed E-state index contributed by atoms with van der Waals surface area (Å²) in [6.45, 7) is 0. The van der Waals surface area contributed by atoms with E-state index in [9.17, 15) is 14.2 Å². The molecule has 5 N–H and O–H groups in total. The van der Waals surface area contributed by atoms with E-state index in [1.165, 1.54) is 11.8 Å². The molecule has 0 aromatic heterocycles. The van der Waals surface area contributed by atoms with Gasteiger partial charge in [0.05, 0.1) is 12.2 Å². The van der Waals surface area contributed by atoms with Gasteiger partial charge in [-0.1, -0.05) is 0 Å². The highest BCUT2D eigenvalue weighted by molar-refractivity contribution is 7.98. The highest BCUT2D eigenvalue weighted by Crippen LogP contribution is 2.14. The number of rotatable bonds is 8. The Hall–Kier alpha value is -0.560. The number of nitrogens with one attached hydrogen (secondary N) is 1. The van der Waals surface area contributed by atoms with Gasteiger partial charge in [-0.15, -0.1) is 0 Å². The van der Waals surface area contributed by atoms with Crippen molar-refractivity contribution in [2.24, 2.45) is 5.73 Å².